The maximum Gasteiger partial charge on any atom is 0.407 e. The van der Waals surface area contributed by atoms with Gasteiger partial charge in [-0.2, -0.15) is 0 Å². The second kappa shape index (κ2) is 8.70. The van der Waals surface area contributed by atoms with Crippen molar-refractivity contribution >= 4 is 23.9 Å². The first-order valence-electron chi connectivity index (χ1n) is 10.3. The normalized spacial score (nSPS) is 20.0. The average Bonchev–Trinajstić information content (AvgIpc) is 3.30. The van der Waals surface area contributed by atoms with E-state index in [1.807, 2.05) is 48.5 Å². The quantitative estimate of drug-likeness (QED) is 0.537. The molecule has 1 aliphatic heterocycles. The standard InChI is InChI=1S/C23H23N3O6/c1-12(20(27)26-19-17(22(29)30)10-24-21(19)28)25-23(31)32-11-18-15-8-4-2-6-13(15)14-7-3-5-9-16(14)18/h2-9,12,17-19H,10-11H2,1H3,(H,24,28)(H,25,31)(H,26,27)(H,29,30)/t12-,17?,19?/m0/s1. The van der Waals surface area contributed by atoms with E-state index in [0.717, 1.165) is 22.3 Å². The van der Waals surface area contributed by atoms with Crippen LogP contribution in [0.25, 0.3) is 11.1 Å². The van der Waals surface area contributed by atoms with Crippen LogP contribution >= 0.6 is 0 Å². The van der Waals surface area contributed by atoms with Crippen LogP contribution < -0.4 is 16.0 Å². The van der Waals surface area contributed by atoms with Crippen molar-refractivity contribution in [3.05, 3.63) is 59.7 Å². The zero-order chi connectivity index (χ0) is 22.8. The Balaban J connectivity index is 1.35. The Hall–Kier alpha value is -3.88. The van der Waals surface area contributed by atoms with Crippen molar-refractivity contribution < 1.29 is 29.0 Å². The minimum absolute atomic E-state index is 0.0622. The molecule has 1 saturated heterocycles. The van der Waals surface area contributed by atoms with Crippen LogP contribution in [0.3, 0.4) is 0 Å². The summed E-state index contributed by atoms with van der Waals surface area (Å²) in [5.74, 6) is -3.61. The molecule has 2 aromatic carbocycles. The van der Waals surface area contributed by atoms with Crippen molar-refractivity contribution in [3.8, 4) is 11.1 Å². The van der Waals surface area contributed by atoms with E-state index in [0.29, 0.717) is 0 Å². The highest BCUT2D eigenvalue weighted by molar-refractivity contribution is 5.96. The molecule has 0 aromatic heterocycles. The molecule has 9 heteroatoms. The molecule has 4 rings (SSSR count). The molecule has 0 spiro atoms. The summed E-state index contributed by atoms with van der Waals surface area (Å²) in [6.45, 7) is 1.47. The first-order chi connectivity index (χ1) is 15.4. The predicted octanol–water partition coefficient (Wildman–Crippen LogP) is 1.23. The minimum atomic E-state index is -1.19. The van der Waals surface area contributed by atoms with Crippen molar-refractivity contribution in [2.24, 2.45) is 5.92 Å². The van der Waals surface area contributed by atoms with E-state index in [4.69, 9.17) is 4.74 Å². The highest BCUT2D eigenvalue weighted by atomic mass is 16.5. The fourth-order valence-corrected chi connectivity index (χ4v) is 4.18. The topological polar surface area (TPSA) is 134 Å². The third kappa shape index (κ3) is 4.01. The number of carboxylic acids is 1. The lowest BCUT2D eigenvalue weighted by molar-refractivity contribution is -0.143. The second-order valence-electron chi connectivity index (χ2n) is 7.87. The molecule has 1 heterocycles. The van der Waals surface area contributed by atoms with Gasteiger partial charge in [0.15, 0.2) is 0 Å². The molecular weight excluding hydrogens is 414 g/mol. The van der Waals surface area contributed by atoms with Gasteiger partial charge in [0, 0.05) is 12.5 Å². The van der Waals surface area contributed by atoms with Crippen molar-refractivity contribution in [1.82, 2.24) is 16.0 Å². The fraction of sp³-hybridized carbons (Fsp3) is 0.304. The number of hydrogen-bond acceptors (Lipinski definition) is 5. The summed E-state index contributed by atoms with van der Waals surface area (Å²) in [7, 11) is 0. The van der Waals surface area contributed by atoms with Crippen LogP contribution in [-0.2, 0) is 19.1 Å². The van der Waals surface area contributed by atoms with Crippen LogP contribution in [0.15, 0.2) is 48.5 Å². The van der Waals surface area contributed by atoms with Gasteiger partial charge in [0.25, 0.3) is 0 Å². The van der Waals surface area contributed by atoms with Gasteiger partial charge in [-0.05, 0) is 29.2 Å². The summed E-state index contributed by atoms with van der Waals surface area (Å²) in [5.41, 5.74) is 4.35. The summed E-state index contributed by atoms with van der Waals surface area (Å²) in [6.07, 6.45) is -0.778. The van der Waals surface area contributed by atoms with Crippen LogP contribution in [0.5, 0.6) is 0 Å². The third-order valence-electron chi connectivity index (χ3n) is 5.87. The maximum atomic E-state index is 12.4. The fourth-order valence-electron chi connectivity index (χ4n) is 4.18. The number of benzene rings is 2. The lowest BCUT2D eigenvalue weighted by Gasteiger charge is -2.19. The molecule has 3 atom stereocenters. The molecule has 3 amide bonds. The molecule has 9 nitrogen and oxygen atoms in total. The molecule has 2 unspecified atom stereocenters. The van der Waals surface area contributed by atoms with Gasteiger partial charge in [0.2, 0.25) is 11.8 Å². The van der Waals surface area contributed by atoms with E-state index in [-0.39, 0.29) is 19.1 Å². The Morgan fingerprint density at radius 1 is 1.09 bits per heavy atom. The van der Waals surface area contributed by atoms with E-state index in [9.17, 15) is 24.3 Å². The number of carboxylic acid groups (broad SMARTS) is 1. The SMILES string of the molecule is C[C@H](NC(=O)OCC1c2ccccc2-c2ccccc21)C(=O)NC1C(=O)NCC1C(=O)O. The van der Waals surface area contributed by atoms with Crippen LogP contribution in [0.4, 0.5) is 4.79 Å². The van der Waals surface area contributed by atoms with Crippen LogP contribution in [0.1, 0.15) is 24.0 Å². The molecule has 0 saturated carbocycles. The molecular formula is C23H23N3O6. The van der Waals surface area contributed by atoms with E-state index in [2.05, 4.69) is 16.0 Å². The number of carbonyl (C=O) groups is 4. The number of amides is 3. The lowest BCUT2D eigenvalue weighted by Crippen LogP contribution is -2.52. The lowest BCUT2D eigenvalue weighted by atomic mass is 9.98. The number of hydrogen-bond donors (Lipinski definition) is 4. The highest BCUT2D eigenvalue weighted by Gasteiger charge is 2.41. The molecule has 0 bridgehead atoms. The van der Waals surface area contributed by atoms with Gasteiger partial charge in [0.05, 0.1) is 0 Å². The van der Waals surface area contributed by atoms with Gasteiger partial charge < -0.3 is 25.8 Å². The first-order valence-corrected chi connectivity index (χ1v) is 10.3. The number of carbonyl (C=O) groups excluding carboxylic acids is 3. The van der Waals surface area contributed by atoms with Gasteiger partial charge in [0.1, 0.15) is 24.6 Å². The molecule has 166 valence electrons. The molecule has 0 radical (unpaired) electrons. The van der Waals surface area contributed by atoms with Crippen LogP contribution in [0.2, 0.25) is 0 Å². The monoisotopic (exact) mass is 437 g/mol. The average molecular weight is 437 g/mol. The Labute approximate surface area is 184 Å². The molecule has 1 fully saturated rings. The third-order valence-corrected chi connectivity index (χ3v) is 5.87. The summed E-state index contributed by atoms with van der Waals surface area (Å²) >= 11 is 0. The number of rotatable bonds is 6. The molecule has 32 heavy (non-hydrogen) atoms. The Kier molecular flexibility index (Phi) is 5.81. The number of fused-ring (bicyclic) bond motifs is 3. The van der Waals surface area contributed by atoms with Crippen LogP contribution in [0, 0.1) is 5.92 Å². The largest absolute Gasteiger partial charge is 0.481 e. The smallest absolute Gasteiger partial charge is 0.407 e. The van der Waals surface area contributed by atoms with Crippen molar-refractivity contribution in [1.29, 1.82) is 0 Å². The number of aliphatic carboxylic acids is 1. The number of nitrogens with one attached hydrogen (secondary N) is 3. The summed E-state index contributed by atoms with van der Waals surface area (Å²) in [5, 5.41) is 16.4. The molecule has 1 aliphatic carbocycles. The van der Waals surface area contributed by atoms with E-state index in [1.165, 1.54) is 6.92 Å². The summed E-state index contributed by atoms with van der Waals surface area (Å²) < 4.78 is 5.41. The van der Waals surface area contributed by atoms with Gasteiger partial charge in [-0.15, -0.1) is 0 Å². The van der Waals surface area contributed by atoms with Crippen molar-refractivity contribution in [2.45, 2.75) is 24.9 Å². The maximum absolute atomic E-state index is 12.4. The Morgan fingerprint density at radius 2 is 1.69 bits per heavy atom. The van der Waals surface area contributed by atoms with Crippen LogP contribution in [-0.4, -0.2) is 54.2 Å². The molecule has 2 aromatic rings. The predicted molar refractivity (Wildman–Crippen MR) is 114 cm³/mol. The molecule has 2 aliphatic rings. The van der Waals surface area contributed by atoms with E-state index < -0.39 is 41.9 Å². The second-order valence-corrected chi connectivity index (χ2v) is 7.87. The Morgan fingerprint density at radius 3 is 2.28 bits per heavy atom. The highest BCUT2D eigenvalue weighted by Crippen LogP contribution is 2.44. The van der Waals surface area contributed by atoms with E-state index >= 15 is 0 Å². The van der Waals surface area contributed by atoms with E-state index in [1.54, 1.807) is 0 Å². The van der Waals surface area contributed by atoms with Gasteiger partial charge in [-0.25, -0.2) is 4.79 Å². The molecule has 4 N–H and O–H groups in total. The van der Waals surface area contributed by atoms with Crippen molar-refractivity contribution in [3.63, 3.8) is 0 Å². The summed E-state index contributed by atoms with van der Waals surface area (Å²) in [4.78, 5) is 47.8. The zero-order valence-electron chi connectivity index (χ0n) is 17.3. The van der Waals surface area contributed by atoms with Gasteiger partial charge >= 0.3 is 12.1 Å². The minimum Gasteiger partial charge on any atom is -0.481 e. The van der Waals surface area contributed by atoms with Gasteiger partial charge in [-0.3, -0.25) is 14.4 Å². The number of ether oxygens (including phenoxy) is 1. The Bertz CT molecular complexity index is 1040. The van der Waals surface area contributed by atoms with Gasteiger partial charge in [-0.1, -0.05) is 48.5 Å². The number of alkyl carbamates (subject to hydrolysis) is 1. The first kappa shape index (κ1) is 21.4. The summed E-state index contributed by atoms with van der Waals surface area (Å²) in [6, 6.07) is 13.7. The zero-order valence-corrected chi connectivity index (χ0v) is 17.3. The van der Waals surface area contributed by atoms with Crippen molar-refractivity contribution in [2.75, 3.05) is 13.2 Å².